The Kier molecular flexibility index (Phi) is 5.48. The van der Waals surface area contributed by atoms with Gasteiger partial charge in [0.1, 0.15) is 0 Å². The Balaban J connectivity index is 2.67. The Morgan fingerprint density at radius 1 is 0.875 bits per heavy atom. The largest absolute Gasteiger partial charge is 0.392 e. The second-order valence-electron chi connectivity index (χ2n) is 5.68. The smallest absolute Gasteiger partial charge is 0.338 e. The zero-order chi connectivity index (χ0) is 12.2. The van der Waals surface area contributed by atoms with Crippen LogP contribution in [-0.4, -0.2) is 20.8 Å². The van der Waals surface area contributed by atoms with Crippen LogP contribution in [0.2, 0.25) is 12.1 Å². The highest BCUT2D eigenvalue weighted by atomic mass is 28.4. The summed E-state index contributed by atoms with van der Waals surface area (Å²) in [7, 11) is -1.97. The summed E-state index contributed by atoms with van der Waals surface area (Å²) in [4.78, 5) is 0. The average molecular weight is 244 g/mol. The summed E-state index contributed by atoms with van der Waals surface area (Å²) in [6, 6.07) is 0. The molecular weight excluding hydrogens is 216 g/mol. The van der Waals surface area contributed by atoms with E-state index >= 15 is 0 Å². The summed E-state index contributed by atoms with van der Waals surface area (Å²) in [5.41, 5.74) is 0.700. The first-order valence-corrected chi connectivity index (χ1v) is 9.19. The van der Waals surface area contributed by atoms with Crippen molar-refractivity contribution < 1.29 is 8.85 Å². The molecule has 0 atom stereocenters. The molecule has 1 aliphatic carbocycles. The van der Waals surface area contributed by atoms with E-state index in [0.29, 0.717) is 5.54 Å². The standard InChI is InChI=1S/C13H28O2Si/c1-11(2)14-16(5,15-12(3)4)13-9-7-6-8-10-13/h11-13H,6-10H2,1-5H3. The predicted molar refractivity (Wildman–Crippen MR) is 70.9 cm³/mol. The van der Waals surface area contributed by atoms with Crippen molar-refractivity contribution in [3.8, 4) is 0 Å². The molecule has 16 heavy (non-hydrogen) atoms. The SMILES string of the molecule is CC(C)O[Si](C)(OC(C)C)C1CCCCC1. The van der Waals surface area contributed by atoms with Gasteiger partial charge in [0.15, 0.2) is 0 Å². The van der Waals surface area contributed by atoms with Crippen LogP contribution in [0.1, 0.15) is 59.8 Å². The Hall–Kier alpha value is 0.137. The van der Waals surface area contributed by atoms with Crippen molar-refractivity contribution >= 4 is 8.56 Å². The zero-order valence-electron chi connectivity index (χ0n) is 11.6. The molecule has 0 aromatic rings. The number of rotatable bonds is 5. The molecule has 3 heteroatoms. The van der Waals surface area contributed by atoms with E-state index in [2.05, 4.69) is 34.2 Å². The Labute approximate surface area is 102 Å². The summed E-state index contributed by atoms with van der Waals surface area (Å²) in [6.45, 7) is 10.8. The van der Waals surface area contributed by atoms with Gasteiger partial charge in [0.2, 0.25) is 0 Å². The lowest BCUT2D eigenvalue weighted by molar-refractivity contribution is 0.0971. The molecule has 1 saturated carbocycles. The Bertz CT molecular complexity index is 188. The van der Waals surface area contributed by atoms with Crippen molar-refractivity contribution in [2.45, 2.75) is 84.1 Å². The molecule has 0 aliphatic heterocycles. The molecule has 0 unspecified atom stereocenters. The normalized spacial score (nSPS) is 19.7. The summed E-state index contributed by atoms with van der Waals surface area (Å²) in [5.74, 6) is 0. The maximum Gasteiger partial charge on any atom is 0.338 e. The van der Waals surface area contributed by atoms with Crippen LogP contribution in [0.3, 0.4) is 0 Å². The van der Waals surface area contributed by atoms with Gasteiger partial charge in [-0.3, -0.25) is 0 Å². The molecule has 0 aromatic carbocycles. The highest BCUT2D eigenvalue weighted by Gasteiger charge is 2.42. The van der Waals surface area contributed by atoms with Crippen LogP contribution >= 0.6 is 0 Å². The lowest BCUT2D eigenvalue weighted by atomic mass is 10.0. The van der Waals surface area contributed by atoms with Crippen LogP contribution in [-0.2, 0) is 8.85 Å². The van der Waals surface area contributed by atoms with Crippen molar-refractivity contribution in [3.05, 3.63) is 0 Å². The van der Waals surface area contributed by atoms with Gasteiger partial charge in [-0.25, -0.2) is 0 Å². The highest BCUT2D eigenvalue weighted by molar-refractivity contribution is 6.67. The fourth-order valence-electron chi connectivity index (χ4n) is 2.78. The van der Waals surface area contributed by atoms with Gasteiger partial charge in [-0.2, -0.15) is 0 Å². The lowest BCUT2D eigenvalue weighted by Gasteiger charge is -2.39. The van der Waals surface area contributed by atoms with Crippen molar-refractivity contribution in [1.29, 1.82) is 0 Å². The molecule has 1 fully saturated rings. The fourth-order valence-corrected chi connectivity index (χ4v) is 6.55. The van der Waals surface area contributed by atoms with Gasteiger partial charge in [0, 0.05) is 17.7 Å². The zero-order valence-corrected chi connectivity index (χ0v) is 12.6. The molecule has 0 aromatic heterocycles. The molecule has 96 valence electrons. The maximum atomic E-state index is 6.20. The van der Waals surface area contributed by atoms with Crippen LogP contribution < -0.4 is 0 Å². The minimum absolute atomic E-state index is 0.289. The van der Waals surface area contributed by atoms with Crippen molar-refractivity contribution in [2.24, 2.45) is 0 Å². The monoisotopic (exact) mass is 244 g/mol. The van der Waals surface area contributed by atoms with Gasteiger partial charge in [0.25, 0.3) is 0 Å². The average Bonchev–Trinajstić information content (AvgIpc) is 2.16. The van der Waals surface area contributed by atoms with E-state index in [1.54, 1.807) is 0 Å². The topological polar surface area (TPSA) is 18.5 Å². The summed E-state index contributed by atoms with van der Waals surface area (Å²) in [5, 5.41) is 0. The van der Waals surface area contributed by atoms with E-state index in [1.807, 2.05) is 0 Å². The first kappa shape index (κ1) is 14.2. The second-order valence-corrected chi connectivity index (χ2v) is 9.00. The van der Waals surface area contributed by atoms with E-state index in [9.17, 15) is 0 Å². The fraction of sp³-hybridized carbons (Fsp3) is 1.00. The second kappa shape index (κ2) is 6.17. The lowest BCUT2D eigenvalue weighted by Crippen LogP contribution is -2.47. The van der Waals surface area contributed by atoms with Crippen LogP contribution in [0.25, 0.3) is 0 Å². The van der Waals surface area contributed by atoms with E-state index < -0.39 is 8.56 Å². The molecule has 0 radical (unpaired) electrons. The molecule has 1 aliphatic rings. The van der Waals surface area contributed by atoms with Crippen LogP contribution in [0.15, 0.2) is 0 Å². The molecule has 0 heterocycles. The van der Waals surface area contributed by atoms with E-state index in [-0.39, 0.29) is 12.2 Å². The third-order valence-corrected chi connectivity index (χ3v) is 7.23. The number of hydrogen-bond donors (Lipinski definition) is 0. The maximum absolute atomic E-state index is 6.20. The molecule has 0 N–H and O–H groups in total. The predicted octanol–water partition coefficient (Wildman–Crippen LogP) is 4.24. The van der Waals surface area contributed by atoms with Gasteiger partial charge >= 0.3 is 8.56 Å². The van der Waals surface area contributed by atoms with Gasteiger partial charge in [-0.1, -0.05) is 19.3 Å². The van der Waals surface area contributed by atoms with E-state index in [0.717, 1.165) is 0 Å². The summed E-state index contributed by atoms with van der Waals surface area (Å²) in [6.07, 6.45) is 7.30. The molecular formula is C13H28O2Si. The molecule has 0 amide bonds. The first-order chi connectivity index (χ1) is 7.44. The Morgan fingerprint density at radius 3 is 1.69 bits per heavy atom. The minimum Gasteiger partial charge on any atom is -0.392 e. The van der Waals surface area contributed by atoms with Crippen LogP contribution in [0, 0.1) is 0 Å². The quantitative estimate of drug-likeness (QED) is 0.673. The molecule has 2 nitrogen and oxygen atoms in total. The van der Waals surface area contributed by atoms with Gasteiger partial charge < -0.3 is 8.85 Å². The van der Waals surface area contributed by atoms with E-state index in [1.165, 1.54) is 32.1 Å². The van der Waals surface area contributed by atoms with Gasteiger partial charge in [0.05, 0.1) is 0 Å². The molecule has 1 rings (SSSR count). The van der Waals surface area contributed by atoms with Gasteiger partial charge in [-0.05, 0) is 47.1 Å². The molecule has 0 spiro atoms. The van der Waals surface area contributed by atoms with Crippen LogP contribution in [0.5, 0.6) is 0 Å². The number of hydrogen-bond acceptors (Lipinski definition) is 2. The first-order valence-electron chi connectivity index (χ1n) is 6.79. The Morgan fingerprint density at radius 2 is 1.31 bits per heavy atom. The summed E-state index contributed by atoms with van der Waals surface area (Å²) >= 11 is 0. The molecule has 0 saturated heterocycles. The van der Waals surface area contributed by atoms with Crippen LogP contribution in [0.4, 0.5) is 0 Å². The minimum atomic E-state index is -1.97. The molecule has 0 bridgehead atoms. The third-order valence-electron chi connectivity index (χ3n) is 3.29. The summed E-state index contributed by atoms with van der Waals surface area (Å²) < 4.78 is 12.4. The van der Waals surface area contributed by atoms with Gasteiger partial charge in [-0.15, -0.1) is 0 Å². The van der Waals surface area contributed by atoms with Crippen molar-refractivity contribution in [2.75, 3.05) is 0 Å². The van der Waals surface area contributed by atoms with Crippen molar-refractivity contribution in [1.82, 2.24) is 0 Å². The highest BCUT2D eigenvalue weighted by Crippen LogP contribution is 2.39. The van der Waals surface area contributed by atoms with Crippen molar-refractivity contribution in [3.63, 3.8) is 0 Å². The van der Waals surface area contributed by atoms with E-state index in [4.69, 9.17) is 8.85 Å². The third kappa shape index (κ3) is 4.19.